The molecule has 0 spiro atoms. The Kier molecular flexibility index (Phi) is 3.15. The largest absolute Gasteiger partial charge is 1.00 e. The number of rotatable bonds is 1. The molecular weight excluding hydrogens is 234 g/mol. The van der Waals surface area contributed by atoms with Gasteiger partial charge in [0.2, 0.25) is 0 Å². The number of hydrogen-bond donors (Lipinski definition) is 1. The second-order valence-corrected chi connectivity index (χ2v) is 3.83. The number of H-pyrrole nitrogens is 1. The van der Waals surface area contributed by atoms with Crippen LogP contribution in [0.5, 0.6) is 0 Å². The van der Waals surface area contributed by atoms with Gasteiger partial charge in [0, 0.05) is 0 Å². The number of hydrogen-bond acceptors (Lipinski definition) is 3. The number of nitrogens with zero attached hydrogens (tertiary/aromatic N) is 1. The first-order valence-corrected chi connectivity index (χ1v) is 4.75. The number of carboxylic acid groups (broad SMARTS) is 1. The molecule has 0 aromatic carbocycles. The summed E-state index contributed by atoms with van der Waals surface area (Å²) in [6, 6.07) is 1.50. The van der Waals surface area contributed by atoms with Gasteiger partial charge in [-0.15, -0.1) is 0 Å². The molecule has 0 bridgehead atoms. The van der Waals surface area contributed by atoms with Crippen molar-refractivity contribution in [1.29, 1.82) is 0 Å². The Morgan fingerprint density at radius 1 is 1.67 bits per heavy atom. The smallest absolute Gasteiger partial charge is 1.00 e. The van der Waals surface area contributed by atoms with Crippen molar-refractivity contribution in [3.63, 3.8) is 0 Å². The van der Waals surface area contributed by atoms with E-state index in [1.54, 1.807) is 5.07 Å². The van der Waals surface area contributed by atoms with Crippen LogP contribution in [0, 0.1) is 0 Å². The van der Waals surface area contributed by atoms with Crippen LogP contribution < -0.4 is 34.7 Å². The molecule has 56 valence electrons. The van der Waals surface area contributed by atoms with Crippen LogP contribution in [0.3, 0.4) is 0 Å². The van der Waals surface area contributed by atoms with Crippen molar-refractivity contribution in [3.05, 3.63) is 16.8 Å². The van der Waals surface area contributed by atoms with Crippen LogP contribution in [0.1, 0.15) is 10.5 Å². The van der Waals surface area contributed by atoms with Crippen molar-refractivity contribution in [2.75, 3.05) is 0 Å². The van der Waals surface area contributed by atoms with Gasteiger partial charge in [-0.2, -0.15) is 0 Å². The van der Waals surface area contributed by atoms with E-state index >= 15 is 0 Å². The summed E-state index contributed by atoms with van der Waals surface area (Å²) in [6.45, 7) is 0. The normalized spacial score (nSPS) is 9.67. The fraction of sp³-hybridized carbons (Fsp3) is 0. The minimum Gasteiger partial charge on any atom is 1.00 e. The monoisotopic (exact) mass is 238 g/mol. The van der Waals surface area contributed by atoms with E-state index in [1.807, 2.05) is 0 Å². The zero-order valence-corrected chi connectivity index (χ0v) is 10.0. The standard InChI is InChI=1S/C6H4N2O2Se.Na/c9-6(10)4-1-3-5(8-4)11-2-7-3;/h1-2,8H,(H,9,10);/q;+1/p-1. The molecule has 0 amide bonds. The third kappa shape index (κ3) is 1.65. The molecule has 0 saturated carbocycles. The topological polar surface area (TPSA) is 68.8 Å². The Bertz CT molecular complexity index is 380. The van der Waals surface area contributed by atoms with Crippen molar-refractivity contribution >= 4 is 30.4 Å². The molecule has 2 heterocycles. The molecule has 0 aliphatic heterocycles. The summed E-state index contributed by atoms with van der Waals surface area (Å²) in [4.78, 5) is 17.0. The van der Waals surface area contributed by atoms with E-state index in [2.05, 4.69) is 9.97 Å². The molecule has 4 nitrogen and oxygen atoms in total. The molecule has 0 aliphatic carbocycles. The summed E-state index contributed by atoms with van der Waals surface area (Å²) >= 11 is 0.170. The number of carbonyl (C=O) groups is 1. The van der Waals surface area contributed by atoms with Gasteiger partial charge in [0.05, 0.1) is 0 Å². The Morgan fingerprint density at radius 3 is 3.00 bits per heavy atom. The average Bonchev–Trinajstić information content (AvgIpc) is 2.40. The van der Waals surface area contributed by atoms with Gasteiger partial charge in [-0.3, -0.25) is 0 Å². The summed E-state index contributed by atoms with van der Waals surface area (Å²) in [5, 5.41) is 12.1. The molecular formula is C6H3N2NaO2Se. The number of fused-ring (bicyclic) bond motifs is 1. The van der Waals surface area contributed by atoms with Crippen LogP contribution >= 0.6 is 0 Å². The van der Waals surface area contributed by atoms with Crippen molar-refractivity contribution in [2.45, 2.75) is 0 Å². The molecule has 0 atom stereocenters. The average molecular weight is 237 g/mol. The van der Waals surface area contributed by atoms with E-state index in [0.717, 1.165) is 9.91 Å². The van der Waals surface area contributed by atoms with Gasteiger partial charge in [0.25, 0.3) is 0 Å². The predicted molar refractivity (Wildman–Crippen MR) is 37.4 cm³/mol. The third-order valence-corrected chi connectivity index (χ3v) is 2.93. The summed E-state index contributed by atoms with van der Waals surface area (Å²) in [5.74, 6) is -1.18. The van der Waals surface area contributed by atoms with E-state index in [-0.39, 0.29) is 49.8 Å². The Morgan fingerprint density at radius 2 is 2.42 bits per heavy atom. The predicted octanol–water partition coefficient (Wildman–Crippen LogP) is -4.01. The van der Waals surface area contributed by atoms with Crippen molar-refractivity contribution in [3.8, 4) is 0 Å². The second kappa shape index (κ2) is 3.77. The fourth-order valence-electron chi connectivity index (χ4n) is 0.856. The number of aromatic carboxylic acids is 1. The molecule has 12 heavy (non-hydrogen) atoms. The van der Waals surface area contributed by atoms with E-state index in [1.165, 1.54) is 6.07 Å². The van der Waals surface area contributed by atoms with Crippen LogP contribution in [-0.2, 0) is 0 Å². The third-order valence-electron chi connectivity index (χ3n) is 1.34. The molecule has 2 aromatic rings. The van der Waals surface area contributed by atoms with Crippen molar-refractivity contribution in [2.24, 2.45) is 0 Å². The molecule has 0 radical (unpaired) electrons. The fourth-order valence-corrected chi connectivity index (χ4v) is 2.27. The summed E-state index contributed by atoms with van der Waals surface area (Å²) in [5.41, 5.74) is 0.859. The summed E-state index contributed by atoms with van der Waals surface area (Å²) in [7, 11) is 0. The van der Waals surface area contributed by atoms with Crippen LogP contribution in [-0.4, -0.2) is 30.4 Å². The number of carboxylic acids is 1. The summed E-state index contributed by atoms with van der Waals surface area (Å²) < 4.78 is 0.914. The van der Waals surface area contributed by atoms with Crippen LogP contribution in [0.15, 0.2) is 11.1 Å². The zero-order valence-electron chi connectivity index (χ0n) is 6.33. The van der Waals surface area contributed by atoms with Gasteiger partial charge >= 0.3 is 96.6 Å². The molecule has 6 heteroatoms. The van der Waals surface area contributed by atoms with Gasteiger partial charge in [-0.25, -0.2) is 0 Å². The second-order valence-electron chi connectivity index (χ2n) is 2.04. The first-order chi connectivity index (χ1) is 5.27. The Hall–Kier alpha value is -0.0605. The van der Waals surface area contributed by atoms with Crippen LogP contribution in [0.4, 0.5) is 0 Å². The van der Waals surface area contributed by atoms with Gasteiger partial charge in [-0.05, 0) is 0 Å². The van der Waals surface area contributed by atoms with Crippen LogP contribution in [0.2, 0.25) is 0 Å². The zero-order chi connectivity index (χ0) is 7.84. The number of aromatic nitrogens is 2. The van der Waals surface area contributed by atoms with Crippen molar-refractivity contribution in [1.82, 2.24) is 9.97 Å². The first-order valence-electron chi connectivity index (χ1n) is 2.91. The first kappa shape index (κ1) is 10.0. The van der Waals surface area contributed by atoms with Crippen LogP contribution in [0.25, 0.3) is 9.91 Å². The summed E-state index contributed by atoms with van der Waals surface area (Å²) in [6.07, 6.45) is 0. The molecule has 1 N–H and O–H groups in total. The van der Waals surface area contributed by atoms with E-state index < -0.39 is 5.97 Å². The Balaban J connectivity index is 0.000000720. The molecule has 2 aromatic heterocycles. The van der Waals surface area contributed by atoms with E-state index in [4.69, 9.17) is 0 Å². The van der Waals surface area contributed by atoms with Gasteiger partial charge < -0.3 is 0 Å². The maximum Gasteiger partial charge on any atom is 1.00 e. The number of aromatic amines is 1. The molecule has 0 aliphatic rings. The molecule has 0 unspecified atom stereocenters. The van der Waals surface area contributed by atoms with E-state index in [9.17, 15) is 9.90 Å². The van der Waals surface area contributed by atoms with Gasteiger partial charge in [0.1, 0.15) is 0 Å². The molecule has 2 rings (SSSR count). The van der Waals surface area contributed by atoms with Gasteiger partial charge in [0.15, 0.2) is 0 Å². The number of carbonyl (C=O) groups excluding carboxylic acids is 1. The molecule has 0 saturated heterocycles. The minimum absolute atomic E-state index is 0. The SMILES string of the molecule is O=C([O-])c1cc2nc[se]c2[nH]1.[Na+]. The Labute approximate surface area is 96.0 Å². The van der Waals surface area contributed by atoms with Crippen molar-refractivity contribution < 1.29 is 39.5 Å². The molecule has 0 fully saturated rings. The van der Waals surface area contributed by atoms with E-state index in [0.29, 0.717) is 0 Å². The quantitative estimate of drug-likeness (QED) is 0.514. The number of nitrogens with one attached hydrogen (secondary N) is 1. The minimum atomic E-state index is -1.18. The maximum absolute atomic E-state index is 10.3. The maximum atomic E-state index is 10.3. The van der Waals surface area contributed by atoms with Gasteiger partial charge in [-0.1, -0.05) is 0 Å².